The van der Waals surface area contributed by atoms with E-state index in [9.17, 15) is 14.7 Å². The van der Waals surface area contributed by atoms with E-state index < -0.39 is 11.9 Å². The molecular weight excluding hydrogens is 234 g/mol. The molecule has 1 N–H and O–H groups in total. The predicted molar refractivity (Wildman–Crippen MR) is 64.8 cm³/mol. The van der Waals surface area contributed by atoms with Crippen LogP contribution in [-0.4, -0.2) is 29.1 Å². The number of hydrogen-bond donors (Lipinski definition) is 1. The monoisotopic (exact) mass is 245 g/mol. The molecule has 5 heteroatoms. The van der Waals surface area contributed by atoms with Crippen molar-refractivity contribution in [3.8, 4) is 0 Å². The number of aromatic carboxylic acids is 1. The largest absolute Gasteiger partial charge is 0.478 e. The van der Waals surface area contributed by atoms with Gasteiger partial charge in [-0.3, -0.25) is 0 Å². The molecule has 0 amide bonds. The van der Waals surface area contributed by atoms with E-state index in [1.165, 1.54) is 13.2 Å². The van der Waals surface area contributed by atoms with Crippen molar-refractivity contribution in [2.75, 3.05) is 7.11 Å². The number of pyridine rings is 1. The number of carboxylic acid groups (broad SMARTS) is 1. The summed E-state index contributed by atoms with van der Waals surface area (Å²) in [5.74, 6) is -1.75. The van der Waals surface area contributed by atoms with Crippen LogP contribution in [0.25, 0.3) is 10.9 Å². The Kier molecular flexibility index (Phi) is 2.97. The van der Waals surface area contributed by atoms with E-state index in [0.29, 0.717) is 10.9 Å². The zero-order chi connectivity index (χ0) is 13.3. The molecule has 1 aromatic heterocycles. The molecular formula is C13H11NO4. The average molecular weight is 245 g/mol. The molecule has 1 aromatic carbocycles. The Morgan fingerprint density at radius 3 is 2.61 bits per heavy atom. The lowest BCUT2D eigenvalue weighted by atomic mass is 10.1. The zero-order valence-corrected chi connectivity index (χ0v) is 9.93. The van der Waals surface area contributed by atoms with Crippen LogP contribution in [0.15, 0.2) is 24.3 Å². The summed E-state index contributed by atoms with van der Waals surface area (Å²) in [6, 6.07) is 6.45. The van der Waals surface area contributed by atoms with Gasteiger partial charge in [0.1, 0.15) is 5.69 Å². The summed E-state index contributed by atoms with van der Waals surface area (Å²) in [7, 11) is 1.23. The lowest BCUT2D eigenvalue weighted by Crippen LogP contribution is -2.08. The molecule has 2 rings (SSSR count). The van der Waals surface area contributed by atoms with Gasteiger partial charge in [0, 0.05) is 5.39 Å². The second-order valence-electron chi connectivity index (χ2n) is 3.87. The van der Waals surface area contributed by atoms with Crippen LogP contribution in [0.2, 0.25) is 0 Å². The summed E-state index contributed by atoms with van der Waals surface area (Å²) in [5, 5.41) is 9.68. The van der Waals surface area contributed by atoms with Crippen molar-refractivity contribution >= 4 is 22.8 Å². The quantitative estimate of drug-likeness (QED) is 0.819. The third kappa shape index (κ3) is 2.02. The van der Waals surface area contributed by atoms with Gasteiger partial charge >= 0.3 is 11.9 Å². The third-order valence-corrected chi connectivity index (χ3v) is 2.59. The van der Waals surface area contributed by atoms with Gasteiger partial charge in [0.2, 0.25) is 0 Å². The van der Waals surface area contributed by atoms with E-state index in [1.54, 1.807) is 12.1 Å². The Balaban J connectivity index is 2.78. The molecule has 0 radical (unpaired) electrons. The summed E-state index contributed by atoms with van der Waals surface area (Å²) in [6.45, 7) is 1.86. The number of carbonyl (C=O) groups excluding carboxylic acids is 1. The van der Waals surface area contributed by atoms with Crippen LogP contribution in [-0.2, 0) is 4.74 Å². The summed E-state index contributed by atoms with van der Waals surface area (Å²) in [5.41, 5.74) is 1.42. The third-order valence-electron chi connectivity index (χ3n) is 2.59. The highest BCUT2D eigenvalue weighted by molar-refractivity contribution is 6.05. The van der Waals surface area contributed by atoms with Crippen LogP contribution in [0.4, 0.5) is 0 Å². The van der Waals surface area contributed by atoms with Gasteiger partial charge in [-0.05, 0) is 25.1 Å². The summed E-state index contributed by atoms with van der Waals surface area (Å²) in [4.78, 5) is 26.7. The minimum atomic E-state index is -1.10. The van der Waals surface area contributed by atoms with E-state index in [4.69, 9.17) is 0 Å². The molecule has 5 nitrogen and oxygen atoms in total. The van der Waals surface area contributed by atoms with E-state index >= 15 is 0 Å². The number of aryl methyl sites for hydroxylation is 1. The maximum Gasteiger partial charge on any atom is 0.356 e. The maximum atomic E-state index is 11.4. The summed E-state index contributed by atoms with van der Waals surface area (Å²) < 4.78 is 4.55. The van der Waals surface area contributed by atoms with Gasteiger partial charge in [0.05, 0.1) is 18.2 Å². The fourth-order valence-corrected chi connectivity index (χ4v) is 1.73. The van der Waals surface area contributed by atoms with Crippen LogP contribution < -0.4 is 0 Å². The van der Waals surface area contributed by atoms with Gasteiger partial charge in [-0.25, -0.2) is 14.6 Å². The molecule has 0 bridgehead atoms. The number of aromatic nitrogens is 1. The van der Waals surface area contributed by atoms with Crippen molar-refractivity contribution in [1.29, 1.82) is 0 Å². The second-order valence-corrected chi connectivity index (χ2v) is 3.87. The molecule has 0 aliphatic heterocycles. The topological polar surface area (TPSA) is 76.5 Å². The van der Waals surface area contributed by atoms with Crippen molar-refractivity contribution < 1.29 is 19.4 Å². The molecule has 0 aliphatic carbocycles. The first-order valence-electron chi connectivity index (χ1n) is 5.26. The normalized spacial score (nSPS) is 10.3. The number of esters is 1. The second kappa shape index (κ2) is 4.44. The minimum absolute atomic E-state index is 0.00810. The fraction of sp³-hybridized carbons (Fsp3) is 0.154. The first-order chi connectivity index (χ1) is 8.52. The van der Waals surface area contributed by atoms with Crippen molar-refractivity contribution in [1.82, 2.24) is 4.98 Å². The predicted octanol–water partition coefficient (Wildman–Crippen LogP) is 2.03. The summed E-state index contributed by atoms with van der Waals surface area (Å²) >= 11 is 0. The number of carbonyl (C=O) groups is 2. The highest BCUT2D eigenvalue weighted by atomic mass is 16.5. The number of benzene rings is 1. The molecule has 0 unspecified atom stereocenters. The first kappa shape index (κ1) is 12.0. The minimum Gasteiger partial charge on any atom is -0.478 e. The van der Waals surface area contributed by atoms with Crippen LogP contribution in [0.5, 0.6) is 0 Å². The van der Waals surface area contributed by atoms with Crippen LogP contribution in [0, 0.1) is 6.92 Å². The summed E-state index contributed by atoms with van der Waals surface area (Å²) in [6.07, 6.45) is 0. The Bertz CT molecular complexity index is 649. The molecule has 0 aliphatic rings. The molecule has 0 fully saturated rings. The first-order valence-corrected chi connectivity index (χ1v) is 5.26. The van der Waals surface area contributed by atoms with E-state index in [-0.39, 0.29) is 11.3 Å². The molecule has 2 aromatic rings. The molecule has 92 valence electrons. The lowest BCUT2D eigenvalue weighted by Gasteiger charge is -2.06. The van der Waals surface area contributed by atoms with Gasteiger partial charge in [-0.2, -0.15) is 0 Å². The Hall–Kier alpha value is -2.43. The van der Waals surface area contributed by atoms with Crippen molar-refractivity contribution in [2.24, 2.45) is 0 Å². The zero-order valence-electron chi connectivity index (χ0n) is 9.93. The standard InChI is InChI=1S/C13H11NO4/c1-7-3-4-10-8(5-7)9(12(15)16)6-11(14-10)13(17)18-2/h3-6H,1-2H3,(H,15,16). The maximum absolute atomic E-state index is 11.4. The highest BCUT2D eigenvalue weighted by Gasteiger charge is 2.16. The average Bonchev–Trinajstić information content (AvgIpc) is 2.36. The number of nitrogens with zero attached hydrogens (tertiary/aromatic N) is 1. The number of carboxylic acids is 1. The number of hydrogen-bond acceptors (Lipinski definition) is 4. The number of ether oxygens (including phenoxy) is 1. The molecule has 0 atom stereocenters. The number of methoxy groups -OCH3 is 1. The van der Waals surface area contributed by atoms with E-state index in [1.807, 2.05) is 13.0 Å². The van der Waals surface area contributed by atoms with Gasteiger partial charge in [-0.15, -0.1) is 0 Å². The van der Waals surface area contributed by atoms with Gasteiger partial charge in [0.15, 0.2) is 0 Å². The number of rotatable bonds is 2. The number of fused-ring (bicyclic) bond motifs is 1. The fourth-order valence-electron chi connectivity index (χ4n) is 1.73. The van der Waals surface area contributed by atoms with Gasteiger partial charge < -0.3 is 9.84 Å². The van der Waals surface area contributed by atoms with Crippen LogP contribution in [0.3, 0.4) is 0 Å². The Morgan fingerprint density at radius 2 is 2.00 bits per heavy atom. The smallest absolute Gasteiger partial charge is 0.356 e. The van der Waals surface area contributed by atoms with Gasteiger partial charge in [-0.1, -0.05) is 11.6 Å². The molecule has 0 saturated heterocycles. The molecule has 0 saturated carbocycles. The van der Waals surface area contributed by atoms with Gasteiger partial charge in [0.25, 0.3) is 0 Å². The molecule has 18 heavy (non-hydrogen) atoms. The molecule has 0 spiro atoms. The molecule has 1 heterocycles. The van der Waals surface area contributed by atoms with Crippen molar-refractivity contribution in [3.05, 3.63) is 41.1 Å². The SMILES string of the molecule is COC(=O)c1cc(C(=O)O)c2cc(C)ccc2n1. The van der Waals surface area contributed by atoms with Crippen molar-refractivity contribution in [2.45, 2.75) is 6.92 Å². The Labute approximate surface area is 103 Å². The van der Waals surface area contributed by atoms with Crippen molar-refractivity contribution in [3.63, 3.8) is 0 Å². The van der Waals surface area contributed by atoms with E-state index in [2.05, 4.69) is 9.72 Å². The Morgan fingerprint density at radius 1 is 1.28 bits per heavy atom. The lowest BCUT2D eigenvalue weighted by molar-refractivity contribution is 0.0594. The van der Waals surface area contributed by atoms with Crippen LogP contribution in [0.1, 0.15) is 26.4 Å². The van der Waals surface area contributed by atoms with Crippen LogP contribution >= 0.6 is 0 Å². The highest BCUT2D eigenvalue weighted by Crippen LogP contribution is 2.20. The van der Waals surface area contributed by atoms with E-state index in [0.717, 1.165) is 5.56 Å².